The summed E-state index contributed by atoms with van der Waals surface area (Å²) in [7, 11) is 1.67. The molecule has 1 saturated carbocycles. The van der Waals surface area contributed by atoms with Crippen LogP contribution in [0.3, 0.4) is 0 Å². The zero-order valence-corrected chi connectivity index (χ0v) is 12.7. The molecule has 2 aliphatic rings. The van der Waals surface area contributed by atoms with Gasteiger partial charge < -0.3 is 15.0 Å². The molecule has 1 aromatic carbocycles. The molecule has 0 aromatic heterocycles. The molecular weight excluding hydrogens is 264 g/mol. The van der Waals surface area contributed by atoms with Crippen molar-refractivity contribution in [2.24, 2.45) is 5.92 Å². The molecule has 1 amide bonds. The lowest BCUT2D eigenvalue weighted by Crippen LogP contribution is -2.45. The van der Waals surface area contributed by atoms with Crippen LogP contribution in [-0.2, 0) is 4.79 Å². The number of nitrogens with one attached hydrogen (secondary N) is 1. The molecule has 1 aromatic rings. The number of amides is 1. The highest BCUT2D eigenvalue weighted by molar-refractivity contribution is 5.77. The number of carbonyl (C=O) groups is 1. The Balaban J connectivity index is 1.53. The first-order valence-corrected chi connectivity index (χ1v) is 7.93. The Morgan fingerprint density at radius 2 is 2.05 bits per heavy atom. The van der Waals surface area contributed by atoms with Crippen molar-refractivity contribution >= 4 is 11.6 Å². The molecule has 21 heavy (non-hydrogen) atoms. The number of likely N-dealkylation sites (tertiary alicyclic amines) is 1. The van der Waals surface area contributed by atoms with E-state index in [0.29, 0.717) is 17.9 Å². The van der Waals surface area contributed by atoms with Gasteiger partial charge in [0.15, 0.2) is 0 Å². The second-order valence-electron chi connectivity index (χ2n) is 6.20. The average molecular weight is 288 g/mol. The van der Waals surface area contributed by atoms with E-state index in [1.807, 2.05) is 29.2 Å². The molecule has 2 fully saturated rings. The number of anilines is 1. The van der Waals surface area contributed by atoms with Gasteiger partial charge in [0.2, 0.25) is 5.91 Å². The smallest absolute Gasteiger partial charge is 0.222 e. The van der Waals surface area contributed by atoms with E-state index in [0.717, 1.165) is 43.8 Å². The van der Waals surface area contributed by atoms with Crippen LogP contribution in [0.1, 0.15) is 32.1 Å². The monoisotopic (exact) mass is 288 g/mol. The number of ether oxygens (including phenoxy) is 1. The minimum Gasteiger partial charge on any atom is -0.497 e. The molecule has 0 radical (unpaired) electrons. The van der Waals surface area contributed by atoms with Gasteiger partial charge in [-0.1, -0.05) is 0 Å². The Hall–Kier alpha value is -1.71. The van der Waals surface area contributed by atoms with Crippen molar-refractivity contribution < 1.29 is 9.53 Å². The highest BCUT2D eigenvalue weighted by Crippen LogP contribution is 2.33. The number of hydrogen-bond acceptors (Lipinski definition) is 3. The Morgan fingerprint density at radius 1 is 1.29 bits per heavy atom. The van der Waals surface area contributed by atoms with Gasteiger partial charge >= 0.3 is 0 Å². The third-order valence-corrected chi connectivity index (χ3v) is 4.40. The molecule has 0 unspecified atom stereocenters. The molecule has 4 heteroatoms. The van der Waals surface area contributed by atoms with Crippen LogP contribution in [0.4, 0.5) is 5.69 Å². The normalized spacial score (nSPS) is 22.0. The molecule has 1 aliphatic heterocycles. The van der Waals surface area contributed by atoms with Crippen molar-refractivity contribution in [2.75, 3.05) is 25.5 Å². The SMILES string of the molecule is COc1ccc(N[C@H]2CCCN(C(=O)CC3CC3)C2)cc1. The molecular formula is C17H24N2O2. The van der Waals surface area contributed by atoms with Crippen LogP contribution in [0.2, 0.25) is 0 Å². The van der Waals surface area contributed by atoms with Crippen molar-refractivity contribution in [2.45, 2.75) is 38.1 Å². The minimum atomic E-state index is 0.346. The summed E-state index contributed by atoms with van der Waals surface area (Å²) in [6.45, 7) is 1.75. The summed E-state index contributed by atoms with van der Waals surface area (Å²) in [6.07, 6.45) is 5.46. The van der Waals surface area contributed by atoms with E-state index in [1.54, 1.807) is 7.11 Å². The maximum Gasteiger partial charge on any atom is 0.222 e. The number of carbonyl (C=O) groups excluding carboxylic acids is 1. The first-order chi connectivity index (χ1) is 10.2. The molecule has 1 saturated heterocycles. The number of benzene rings is 1. The number of rotatable bonds is 5. The standard InChI is InChI=1S/C17H24N2O2/c1-21-16-8-6-14(7-9-16)18-15-3-2-10-19(12-15)17(20)11-13-4-5-13/h6-9,13,15,18H,2-5,10-12H2,1H3/t15-/m0/s1. The van der Waals surface area contributed by atoms with Gasteiger partial charge in [-0.05, 0) is 55.9 Å². The molecule has 3 rings (SSSR count). The molecule has 4 nitrogen and oxygen atoms in total. The summed E-state index contributed by atoms with van der Waals surface area (Å²) in [4.78, 5) is 14.3. The van der Waals surface area contributed by atoms with Crippen molar-refractivity contribution in [3.8, 4) is 5.75 Å². The number of hydrogen-bond donors (Lipinski definition) is 1. The largest absolute Gasteiger partial charge is 0.497 e. The number of methoxy groups -OCH3 is 1. The molecule has 1 aliphatic carbocycles. The maximum absolute atomic E-state index is 12.2. The van der Waals surface area contributed by atoms with Gasteiger partial charge in [0.05, 0.1) is 7.11 Å². The third kappa shape index (κ3) is 3.90. The minimum absolute atomic E-state index is 0.346. The predicted molar refractivity (Wildman–Crippen MR) is 83.6 cm³/mol. The fraction of sp³-hybridized carbons (Fsp3) is 0.588. The fourth-order valence-corrected chi connectivity index (χ4v) is 2.94. The quantitative estimate of drug-likeness (QED) is 0.906. The maximum atomic E-state index is 12.2. The molecule has 0 spiro atoms. The van der Waals surface area contributed by atoms with Crippen LogP contribution in [0.25, 0.3) is 0 Å². The van der Waals surface area contributed by atoms with Crippen LogP contribution in [0, 0.1) is 5.92 Å². The van der Waals surface area contributed by atoms with Gasteiger partial charge in [-0.3, -0.25) is 4.79 Å². The van der Waals surface area contributed by atoms with E-state index in [1.165, 1.54) is 12.8 Å². The Morgan fingerprint density at radius 3 is 2.71 bits per heavy atom. The number of nitrogens with zero attached hydrogens (tertiary/aromatic N) is 1. The van der Waals surface area contributed by atoms with E-state index < -0.39 is 0 Å². The lowest BCUT2D eigenvalue weighted by atomic mass is 10.0. The van der Waals surface area contributed by atoms with Crippen molar-refractivity contribution in [3.05, 3.63) is 24.3 Å². The zero-order chi connectivity index (χ0) is 14.7. The van der Waals surface area contributed by atoms with Gasteiger partial charge in [0.1, 0.15) is 5.75 Å². The lowest BCUT2D eigenvalue weighted by Gasteiger charge is -2.34. The van der Waals surface area contributed by atoms with Gasteiger partial charge in [-0.2, -0.15) is 0 Å². The van der Waals surface area contributed by atoms with Crippen LogP contribution in [0.15, 0.2) is 24.3 Å². The molecule has 1 heterocycles. The summed E-state index contributed by atoms with van der Waals surface area (Å²) >= 11 is 0. The summed E-state index contributed by atoms with van der Waals surface area (Å²) in [6, 6.07) is 8.34. The van der Waals surface area contributed by atoms with E-state index in [2.05, 4.69) is 5.32 Å². The molecule has 114 valence electrons. The Kier molecular flexibility index (Phi) is 4.32. The highest BCUT2D eigenvalue weighted by atomic mass is 16.5. The van der Waals surface area contributed by atoms with Gasteiger partial charge in [-0.15, -0.1) is 0 Å². The fourth-order valence-electron chi connectivity index (χ4n) is 2.94. The average Bonchev–Trinajstić information content (AvgIpc) is 3.32. The van der Waals surface area contributed by atoms with Gasteiger partial charge in [0.25, 0.3) is 0 Å². The highest BCUT2D eigenvalue weighted by Gasteiger charge is 2.29. The van der Waals surface area contributed by atoms with Crippen molar-refractivity contribution in [1.82, 2.24) is 4.90 Å². The molecule has 1 N–H and O–H groups in total. The Labute approximate surface area is 126 Å². The summed E-state index contributed by atoms with van der Waals surface area (Å²) in [5, 5.41) is 3.54. The van der Waals surface area contributed by atoms with Crippen LogP contribution in [-0.4, -0.2) is 37.0 Å². The molecule has 1 atom stereocenters. The lowest BCUT2D eigenvalue weighted by molar-refractivity contribution is -0.132. The van der Waals surface area contributed by atoms with Crippen LogP contribution < -0.4 is 10.1 Å². The second-order valence-corrected chi connectivity index (χ2v) is 6.20. The number of piperidine rings is 1. The van der Waals surface area contributed by atoms with E-state index in [-0.39, 0.29) is 0 Å². The van der Waals surface area contributed by atoms with E-state index in [9.17, 15) is 4.79 Å². The topological polar surface area (TPSA) is 41.6 Å². The third-order valence-electron chi connectivity index (χ3n) is 4.40. The first-order valence-electron chi connectivity index (χ1n) is 7.93. The van der Waals surface area contributed by atoms with Crippen LogP contribution in [0.5, 0.6) is 5.75 Å². The van der Waals surface area contributed by atoms with Gasteiger partial charge in [-0.25, -0.2) is 0 Å². The summed E-state index contributed by atoms with van der Waals surface area (Å²) in [5.41, 5.74) is 1.09. The van der Waals surface area contributed by atoms with Gasteiger partial charge in [0, 0.05) is 31.2 Å². The van der Waals surface area contributed by atoms with Crippen molar-refractivity contribution in [1.29, 1.82) is 0 Å². The van der Waals surface area contributed by atoms with Crippen LogP contribution >= 0.6 is 0 Å². The Bertz CT molecular complexity index is 482. The van der Waals surface area contributed by atoms with Crippen molar-refractivity contribution in [3.63, 3.8) is 0 Å². The van der Waals surface area contributed by atoms with E-state index in [4.69, 9.17) is 4.74 Å². The second kappa shape index (κ2) is 6.37. The summed E-state index contributed by atoms with van der Waals surface area (Å²) < 4.78 is 5.17. The molecule has 0 bridgehead atoms. The first kappa shape index (κ1) is 14.2. The predicted octanol–water partition coefficient (Wildman–Crippen LogP) is 2.90. The van der Waals surface area contributed by atoms with E-state index >= 15 is 0 Å². The zero-order valence-electron chi connectivity index (χ0n) is 12.7. The summed E-state index contributed by atoms with van der Waals surface area (Å²) in [5.74, 6) is 1.89.